The predicted octanol–water partition coefficient (Wildman–Crippen LogP) is 4.40. The molecule has 0 unspecified atom stereocenters. The van der Waals surface area contributed by atoms with Crippen LogP contribution >= 0.6 is 0 Å². The van der Waals surface area contributed by atoms with Crippen LogP contribution in [0.25, 0.3) is 0 Å². The lowest BCUT2D eigenvalue weighted by molar-refractivity contribution is -0.125. The normalized spacial score (nSPS) is 11.6. The van der Waals surface area contributed by atoms with Crippen LogP contribution < -0.4 is 10.1 Å². The molecule has 1 amide bonds. The molecule has 1 N–H and O–H groups in total. The Labute approximate surface area is 175 Å². The number of aromatic nitrogens is 1. The number of aryl methyl sites for hydroxylation is 3. The first-order valence-corrected chi connectivity index (χ1v) is 9.61. The summed E-state index contributed by atoms with van der Waals surface area (Å²) in [5.74, 6) is -0.295. The zero-order valence-electron chi connectivity index (χ0n) is 17.4. The summed E-state index contributed by atoms with van der Waals surface area (Å²) < 4.78 is 16.1. The summed E-state index contributed by atoms with van der Waals surface area (Å²) >= 11 is 0. The van der Waals surface area contributed by atoms with E-state index in [4.69, 9.17) is 14.0 Å². The number of benzene rings is 2. The van der Waals surface area contributed by atoms with E-state index in [0.29, 0.717) is 34.9 Å². The molecular formula is C23H24N2O5. The molecule has 1 heterocycles. The number of esters is 1. The Morgan fingerprint density at radius 2 is 1.87 bits per heavy atom. The van der Waals surface area contributed by atoms with Crippen LogP contribution in [-0.4, -0.2) is 24.1 Å². The lowest BCUT2D eigenvalue weighted by atomic mass is 10.1. The first kappa shape index (κ1) is 21.1. The molecule has 1 aromatic heterocycles. The van der Waals surface area contributed by atoms with Gasteiger partial charge in [-0.2, -0.15) is 0 Å². The van der Waals surface area contributed by atoms with Crippen LogP contribution in [0.5, 0.6) is 5.75 Å². The molecule has 0 aliphatic rings. The van der Waals surface area contributed by atoms with E-state index < -0.39 is 18.0 Å². The lowest BCUT2D eigenvalue weighted by Crippen LogP contribution is -2.26. The van der Waals surface area contributed by atoms with Gasteiger partial charge in [0.05, 0.1) is 18.5 Å². The van der Waals surface area contributed by atoms with Gasteiger partial charge in [-0.15, -0.1) is 0 Å². The van der Waals surface area contributed by atoms with Gasteiger partial charge in [-0.25, -0.2) is 4.79 Å². The maximum atomic E-state index is 13.2. The Bertz CT molecular complexity index is 1040. The minimum Gasteiger partial charge on any atom is -0.495 e. The van der Waals surface area contributed by atoms with Crippen LogP contribution in [0.1, 0.15) is 46.0 Å². The van der Waals surface area contributed by atoms with Crippen molar-refractivity contribution in [3.63, 3.8) is 0 Å². The highest BCUT2D eigenvalue weighted by molar-refractivity contribution is 5.99. The van der Waals surface area contributed by atoms with E-state index >= 15 is 0 Å². The molecule has 0 radical (unpaired) electrons. The van der Waals surface area contributed by atoms with Crippen molar-refractivity contribution in [2.45, 2.75) is 33.3 Å². The van der Waals surface area contributed by atoms with E-state index in [1.807, 2.05) is 26.0 Å². The maximum Gasteiger partial charge on any atom is 0.344 e. The van der Waals surface area contributed by atoms with E-state index in [-0.39, 0.29) is 5.56 Å². The number of amides is 1. The summed E-state index contributed by atoms with van der Waals surface area (Å²) in [7, 11) is 1.52. The molecule has 7 heteroatoms. The van der Waals surface area contributed by atoms with Crippen LogP contribution in [0, 0.1) is 13.8 Å². The number of anilines is 1. The average Bonchev–Trinajstić information content (AvgIpc) is 3.13. The second kappa shape index (κ2) is 9.26. The Morgan fingerprint density at radius 3 is 2.53 bits per heavy atom. The number of carbonyl (C=O) groups is 2. The molecule has 1 atom stereocenters. The van der Waals surface area contributed by atoms with Crippen LogP contribution in [0.4, 0.5) is 5.69 Å². The van der Waals surface area contributed by atoms with Gasteiger partial charge in [0.1, 0.15) is 17.1 Å². The zero-order valence-corrected chi connectivity index (χ0v) is 17.4. The summed E-state index contributed by atoms with van der Waals surface area (Å²) in [5, 5.41) is 6.70. The van der Waals surface area contributed by atoms with E-state index in [0.717, 1.165) is 5.56 Å². The topological polar surface area (TPSA) is 90.7 Å². The molecule has 3 aromatic rings. The second-order valence-electron chi connectivity index (χ2n) is 6.80. The molecule has 0 aliphatic heterocycles. The smallest absolute Gasteiger partial charge is 0.344 e. The summed E-state index contributed by atoms with van der Waals surface area (Å²) in [4.78, 5) is 26.1. The summed E-state index contributed by atoms with van der Waals surface area (Å²) in [6.45, 7) is 5.40. The molecule has 0 fully saturated rings. The van der Waals surface area contributed by atoms with Gasteiger partial charge in [0.25, 0.3) is 5.91 Å². The van der Waals surface area contributed by atoms with Crippen molar-refractivity contribution in [1.29, 1.82) is 0 Å². The second-order valence-corrected chi connectivity index (χ2v) is 6.80. The van der Waals surface area contributed by atoms with Crippen molar-refractivity contribution in [2.24, 2.45) is 0 Å². The van der Waals surface area contributed by atoms with Crippen molar-refractivity contribution >= 4 is 17.6 Å². The van der Waals surface area contributed by atoms with Gasteiger partial charge < -0.3 is 19.3 Å². The molecule has 30 heavy (non-hydrogen) atoms. The first-order valence-electron chi connectivity index (χ1n) is 9.61. The van der Waals surface area contributed by atoms with E-state index in [9.17, 15) is 9.59 Å². The van der Waals surface area contributed by atoms with Gasteiger partial charge >= 0.3 is 5.97 Å². The van der Waals surface area contributed by atoms with Gasteiger partial charge in [0, 0.05) is 5.56 Å². The van der Waals surface area contributed by atoms with E-state index in [1.54, 1.807) is 43.3 Å². The van der Waals surface area contributed by atoms with Crippen molar-refractivity contribution in [3.8, 4) is 5.75 Å². The van der Waals surface area contributed by atoms with E-state index in [2.05, 4.69) is 10.5 Å². The number of methoxy groups -OCH3 is 1. The molecule has 0 aliphatic carbocycles. The highest BCUT2D eigenvalue weighted by Crippen LogP contribution is 2.28. The summed E-state index contributed by atoms with van der Waals surface area (Å²) in [6.07, 6.45) is -0.660. The maximum absolute atomic E-state index is 13.2. The average molecular weight is 408 g/mol. The molecule has 7 nitrogen and oxygen atoms in total. The Hall–Kier alpha value is -3.61. The molecule has 3 rings (SSSR count). The van der Waals surface area contributed by atoms with Gasteiger partial charge in [-0.05, 0) is 38.0 Å². The Balaban J connectivity index is 1.92. The quantitative estimate of drug-likeness (QED) is 0.583. The molecule has 156 valence electrons. The zero-order chi connectivity index (χ0) is 21.7. The van der Waals surface area contributed by atoms with Crippen molar-refractivity contribution in [2.75, 3.05) is 12.4 Å². The Kier molecular flexibility index (Phi) is 6.51. The van der Waals surface area contributed by atoms with Crippen LogP contribution in [-0.2, 0) is 16.0 Å². The predicted molar refractivity (Wildman–Crippen MR) is 112 cm³/mol. The monoisotopic (exact) mass is 408 g/mol. The molecule has 0 saturated heterocycles. The van der Waals surface area contributed by atoms with Gasteiger partial charge in [-0.1, -0.05) is 48.5 Å². The number of nitrogens with one attached hydrogen (secondary N) is 1. The molecule has 0 saturated carbocycles. The fourth-order valence-corrected chi connectivity index (χ4v) is 3.11. The molecule has 0 bridgehead atoms. The first-order chi connectivity index (χ1) is 14.4. The molecule has 0 spiro atoms. The van der Waals surface area contributed by atoms with Gasteiger partial charge in [0.15, 0.2) is 0 Å². The highest BCUT2D eigenvalue weighted by atomic mass is 16.6. The van der Waals surface area contributed by atoms with E-state index in [1.165, 1.54) is 7.11 Å². The van der Waals surface area contributed by atoms with Crippen LogP contribution in [0.15, 0.2) is 53.1 Å². The third kappa shape index (κ3) is 4.51. The largest absolute Gasteiger partial charge is 0.495 e. The molecule has 2 aromatic carbocycles. The number of ether oxygens (including phenoxy) is 2. The fourth-order valence-electron chi connectivity index (χ4n) is 3.11. The fraction of sp³-hybridized carbons (Fsp3) is 0.261. The van der Waals surface area contributed by atoms with Gasteiger partial charge in [0.2, 0.25) is 6.10 Å². The minimum absolute atomic E-state index is 0.249. The van der Waals surface area contributed by atoms with Crippen LogP contribution in [0.2, 0.25) is 0 Å². The summed E-state index contributed by atoms with van der Waals surface area (Å²) in [6, 6.07) is 14.3. The van der Waals surface area contributed by atoms with Crippen LogP contribution in [0.3, 0.4) is 0 Å². The van der Waals surface area contributed by atoms with Gasteiger partial charge in [-0.3, -0.25) is 4.79 Å². The number of rotatable bonds is 7. The van der Waals surface area contributed by atoms with Crippen molar-refractivity contribution in [1.82, 2.24) is 5.16 Å². The summed E-state index contributed by atoms with van der Waals surface area (Å²) in [5.41, 5.74) is 2.73. The van der Waals surface area contributed by atoms with Crippen molar-refractivity contribution in [3.05, 3.63) is 76.7 Å². The Morgan fingerprint density at radius 1 is 1.13 bits per heavy atom. The SMILES string of the molecule is CCc1noc(C)c1C(=O)O[C@H](C(=O)Nc1cc(C)ccc1OC)c1ccccc1. The number of nitrogens with zero attached hydrogens (tertiary/aromatic N) is 1. The number of hydrogen-bond donors (Lipinski definition) is 1. The third-order valence-electron chi connectivity index (χ3n) is 4.65. The molecular weight excluding hydrogens is 384 g/mol. The van der Waals surface area contributed by atoms with Crippen molar-refractivity contribution < 1.29 is 23.6 Å². The minimum atomic E-state index is -1.16. The number of hydrogen-bond acceptors (Lipinski definition) is 6. The lowest BCUT2D eigenvalue weighted by Gasteiger charge is -2.19. The third-order valence-corrected chi connectivity index (χ3v) is 4.65. The standard InChI is InChI=1S/C23H24N2O5/c1-5-17-20(15(3)30-25-17)23(27)29-21(16-9-7-6-8-10-16)22(26)24-18-13-14(2)11-12-19(18)28-4/h6-13,21H,5H2,1-4H3,(H,24,26)/t21-/m0/s1. The highest BCUT2D eigenvalue weighted by Gasteiger charge is 2.29. The number of carbonyl (C=O) groups excluding carboxylic acids is 2.